The van der Waals surface area contributed by atoms with E-state index in [1.165, 1.54) is 6.92 Å². The van der Waals surface area contributed by atoms with Crippen molar-refractivity contribution in [2.45, 2.75) is 141 Å². The maximum Gasteiger partial charge on any atom is 0.243 e. The molecule has 7 unspecified atom stereocenters. The third kappa shape index (κ3) is 14.6. The van der Waals surface area contributed by atoms with Gasteiger partial charge in [-0.1, -0.05) is 95.0 Å². The van der Waals surface area contributed by atoms with Crippen LogP contribution in [0.5, 0.6) is 0 Å². The first-order valence-corrected chi connectivity index (χ1v) is 22.5. The van der Waals surface area contributed by atoms with Gasteiger partial charge >= 0.3 is 0 Å². The van der Waals surface area contributed by atoms with Crippen LogP contribution in [0.3, 0.4) is 0 Å². The van der Waals surface area contributed by atoms with Gasteiger partial charge in [0.1, 0.15) is 30.0 Å². The standard InChI is InChI=1S/C48H69N7O7/c1-7-9-11-21-38-47(61)54-43(31(3)8-2)42(57)29-34(27-33-18-12-10-13-19-33)44(58)50-39(25-24-32(4)56)46(60)53-40(28-35-30-55(6)41-23-15-14-20-36(35)41)48(62)52-37(45(59)51-38)22-16-17-26-49-5/h10,12-15,18-20,23,30-31,34,37-40,43,49H,7-9,11,16-17,21-22,24-29H2,1-6H3,(H,50,58)(H,51,59)(H,52,62)(H,53,60)(H,54,61). The van der Waals surface area contributed by atoms with Crippen molar-refractivity contribution >= 4 is 52.0 Å². The Morgan fingerprint density at radius 2 is 1.27 bits per heavy atom. The second kappa shape index (κ2) is 24.9. The van der Waals surface area contributed by atoms with Crippen molar-refractivity contribution in [3.05, 3.63) is 71.9 Å². The molecule has 5 amide bonds. The number of amides is 5. The van der Waals surface area contributed by atoms with E-state index in [0.29, 0.717) is 38.6 Å². The lowest BCUT2D eigenvalue weighted by atomic mass is 9.86. The molecule has 0 radical (unpaired) electrons. The molecule has 2 aromatic carbocycles. The first-order valence-electron chi connectivity index (χ1n) is 22.5. The number of carbonyl (C=O) groups is 7. The third-order valence-electron chi connectivity index (χ3n) is 12.0. The lowest BCUT2D eigenvalue weighted by Gasteiger charge is -2.30. The van der Waals surface area contributed by atoms with Gasteiger partial charge in [-0.3, -0.25) is 28.8 Å². The molecule has 1 aliphatic heterocycles. The van der Waals surface area contributed by atoms with Crippen molar-refractivity contribution in [3.8, 4) is 0 Å². The van der Waals surface area contributed by atoms with Crippen LogP contribution in [-0.2, 0) is 53.5 Å². The van der Waals surface area contributed by atoms with Gasteiger partial charge in [0.15, 0.2) is 5.78 Å². The zero-order valence-electron chi connectivity index (χ0n) is 37.5. The molecule has 0 spiro atoms. The molecule has 62 heavy (non-hydrogen) atoms. The molecule has 0 aliphatic carbocycles. The molecule has 7 atom stereocenters. The summed E-state index contributed by atoms with van der Waals surface area (Å²) in [5.74, 6) is -4.72. The number of nitrogens with zero attached hydrogens (tertiary/aromatic N) is 1. The van der Waals surface area contributed by atoms with E-state index in [-0.39, 0.29) is 56.0 Å². The van der Waals surface area contributed by atoms with E-state index >= 15 is 0 Å². The number of fused-ring (bicyclic) bond motifs is 1. The molecular weight excluding hydrogens is 787 g/mol. The molecule has 2 heterocycles. The Bertz CT molecular complexity index is 1980. The average molecular weight is 856 g/mol. The van der Waals surface area contributed by atoms with E-state index in [0.717, 1.165) is 34.9 Å². The van der Waals surface area contributed by atoms with Crippen molar-refractivity contribution in [1.82, 2.24) is 36.5 Å². The van der Waals surface area contributed by atoms with E-state index < -0.39 is 65.7 Å². The highest BCUT2D eigenvalue weighted by Gasteiger charge is 2.36. The van der Waals surface area contributed by atoms with Gasteiger partial charge in [-0.2, -0.15) is 0 Å². The summed E-state index contributed by atoms with van der Waals surface area (Å²) < 4.78 is 1.93. The molecule has 1 aromatic heterocycles. The average Bonchev–Trinajstić information content (AvgIpc) is 3.57. The van der Waals surface area contributed by atoms with Crippen LogP contribution in [0, 0.1) is 11.8 Å². The van der Waals surface area contributed by atoms with Crippen LogP contribution in [-0.4, -0.2) is 89.5 Å². The zero-order chi connectivity index (χ0) is 45.2. The van der Waals surface area contributed by atoms with Gasteiger partial charge in [0.25, 0.3) is 0 Å². The molecule has 0 saturated carbocycles. The predicted octanol–water partition coefficient (Wildman–Crippen LogP) is 4.36. The lowest BCUT2D eigenvalue weighted by Crippen LogP contribution is -2.60. The highest BCUT2D eigenvalue weighted by molar-refractivity contribution is 5.99. The summed E-state index contributed by atoms with van der Waals surface area (Å²) >= 11 is 0. The van der Waals surface area contributed by atoms with Crippen LogP contribution < -0.4 is 31.9 Å². The van der Waals surface area contributed by atoms with Crippen molar-refractivity contribution in [3.63, 3.8) is 0 Å². The van der Waals surface area contributed by atoms with Crippen LogP contribution in [0.2, 0.25) is 0 Å². The van der Waals surface area contributed by atoms with Crippen molar-refractivity contribution in [2.24, 2.45) is 18.9 Å². The van der Waals surface area contributed by atoms with Crippen LogP contribution in [0.1, 0.15) is 109 Å². The van der Waals surface area contributed by atoms with E-state index in [1.807, 2.05) is 100 Å². The second-order valence-electron chi connectivity index (χ2n) is 17.0. The molecule has 14 heteroatoms. The molecule has 1 saturated heterocycles. The number of hydrogen-bond acceptors (Lipinski definition) is 8. The normalized spacial score (nSPS) is 22.7. The van der Waals surface area contributed by atoms with Gasteiger partial charge in [0.2, 0.25) is 29.5 Å². The number of benzene rings is 2. The number of ketones is 2. The van der Waals surface area contributed by atoms with Crippen LogP contribution in [0.4, 0.5) is 0 Å². The quantitative estimate of drug-likeness (QED) is 0.102. The van der Waals surface area contributed by atoms with E-state index in [9.17, 15) is 33.6 Å². The second-order valence-corrected chi connectivity index (χ2v) is 17.0. The molecule has 6 N–H and O–H groups in total. The Morgan fingerprint density at radius 3 is 1.90 bits per heavy atom. The largest absolute Gasteiger partial charge is 0.350 e. The molecule has 14 nitrogen and oxygen atoms in total. The Balaban J connectivity index is 1.83. The summed E-state index contributed by atoms with van der Waals surface area (Å²) in [5.41, 5.74) is 2.49. The number of Topliss-reactive ketones (excluding diaryl/α,β-unsaturated/α-hetero) is 2. The van der Waals surface area contributed by atoms with Gasteiger partial charge in [-0.05, 0) is 82.2 Å². The number of aromatic nitrogens is 1. The minimum atomic E-state index is -1.24. The van der Waals surface area contributed by atoms with Crippen molar-refractivity contribution in [2.75, 3.05) is 13.6 Å². The van der Waals surface area contributed by atoms with Gasteiger partial charge in [0.05, 0.1) is 6.04 Å². The van der Waals surface area contributed by atoms with Crippen LogP contribution in [0.15, 0.2) is 60.8 Å². The maximum absolute atomic E-state index is 14.6. The Kier molecular flexibility index (Phi) is 19.8. The first kappa shape index (κ1) is 49.3. The summed E-state index contributed by atoms with van der Waals surface area (Å²) in [5, 5.41) is 18.6. The van der Waals surface area contributed by atoms with Gasteiger partial charge in [-0.15, -0.1) is 0 Å². The Labute approximate surface area is 366 Å². The number of unbranched alkanes of at least 4 members (excludes halogenated alkanes) is 3. The minimum Gasteiger partial charge on any atom is -0.350 e. The number of para-hydroxylation sites is 1. The van der Waals surface area contributed by atoms with E-state index in [4.69, 9.17) is 0 Å². The van der Waals surface area contributed by atoms with Gasteiger partial charge < -0.3 is 41.3 Å². The summed E-state index contributed by atoms with van der Waals surface area (Å²) in [6.45, 7) is 7.90. The molecule has 3 aromatic rings. The maximum atomic E-state index is 14.6. The summed E-state index contributed by atoms with van der Waals surface area (Å²) in [6, 6.07) is 11.4. The fraction of sp³-hybridized carbons (Fsp3) is 0.562. The fourth-order valence-electron chi connectivity index (χ4n) is 8.08. The highest BCUT2D eigenvalue weighted by atomic mass is 16.2. The predicted molar refractivity (Wildman–Crippen MR) is 241 cm³/mol. The number of nitrogens with one attached hydrogen (secondary N) is 6. The first-order chi connectivity index (χ1) is 29.8. The van der Waals surface area contributed by atoms with Crippen LogP contribution in [0.25, 0.3) is 10.9 Å². The monoisotopic (exact) mass is 856 g/mol. The Morgan fingerprint density at radius 1 is 0.710 bits per heavy atom. The van der Waals surface area contributed by atoms with Crippen LogP contribution >= 0.6 is 0 Å². The van der Waals surface area contributed by atoms with Gasteiger partial charge in [0, 0.05) is 49.3 Å². The van der Waals surface area contributed by atoms with E-state index in [1.54, 1.807) is 0 Å². The number of carbonyl (C=O) groups excluding carboxylic acids is 7. The van der Waals surface area contributed by atoms with Crippen molar-refractivity contribution < 1.29 is 33.6 Å². The Hall–Kier alpha value is -5.37. The topological polar surface area (TPSA) is 197 Å². The number of rotatable bonds is 18. The summed E-state index contributed by atoms with van der Waals surface area (Å²) in [7, 11) is 3.72. The van der Waals surface area contributed by atoms with Gasteiger partial charge in [-0.25, -0.2) is 0 Å². The zero-order valence-corrected chi connectivity index (χ0v) is 37.5. The van der Waals surface area contributed by atoms with E-state index in [2.05, 4.69) is 31.9 Å². The minimum absolute atomic E-state index is 0.0305. The summed E-state index contributed by atoms with van der Waals surface area (Å²) in [6.07, 6.45) is 6.51. The smallest absolute Gasteiger partial charge is 0.243 e. The summed E-state index contributed by atoms with van der Waals surface area (Å²) in [4.78, 5) is 98.8. The lowest BCUT2D eigenvalue weighted by molar-refractivity contribution is -0.137. The highest BCUT2D eigenvalue weighted by Crippen LogP contribution is 2.23. The van der Waals surface area contributed by atoms with Crippen molar-refractivity contribution in [1.29, 1.82) is 0 Å². The third-order valence-corrected chi connectivity index (χ3v) is 12.0. The molecule has 1 fully saturated rings. The fourth-order valence-corrected chi connectivity index (χ4v) is 8.08. The number of hydrogen-bond donors (Lipinski definition) is 6. The molecule has 338 valence electrons. The molecular formula is C48H69N7O7. The molecule has 0 bridgehead atoms. The SMILES string of the molecule is CCCCCC1NC(=O)C(CCCCNC)NC(=O)C(Cc2cn(C)c3ccccc23)NC(=O)C(CCC(C)=O)NC(=O)C(Cc2ccccc2)CC(=O)C(C(C)CC)NC1=O. The molecule has 1 aliphatic rings. The molecule has 4 rings (SSSR count). The number of aryl methyl sites for hydroxylation is 1.